The lowest BCUT2D eigenvalue weighted by atomic mass is 9.72. The number of ether oxygens (including phenoxy) is 1. The van der Waals surface area contributed by atoms with E-state index in [-0.39, 0.29) is 29.6 Å². The zero-order chi connectivity index (χ0) is 26.6. The first-order valence-corrected chi connectivity index (χ1v) is 13.1. The summed E-state index contributed by atoms with van der Waals surface area (Å²) in [6.07, 6.45) is 3.04. The first kappa shape index (κ1) is 23.4. The standard InChI is InChI=1S/C29H26N6O4/c36-25-11-4-9-23(30-25)27(37)34-14-12-29-22-8-1-2-10-24(22)35(28(29)38)18-20-17-33(32-31-20)13-5-15-39-21-7-3-6-19(16-21)26(29)34/h1-4,6-11,16-17,26H,5,12-15,18H2,(H,30,36)/t26-,29+/m0/s1. The number of aromatic amines is 1. The van der Waals surface area contributed by atoms with E-state index < -0.39 is 11.5 Å². The Hall–Kier alpha value is -4.73. The van der Waals surface area contributed by atoms with Crippen LogP contribution in [0.1, 0.15) is 46.2 Å². The van der Waals surface area contributed by atoms with Crippen molar-refractivity contribution in [3.05, 3.63) is 106 Å². The molecule has 0 unspecified atom stereocenters. The summed E-state index contributed by atoms with van der Waals surface area (Å²) in [5.41, 5.74) is 2.00. The Bertz CT molecular complexity index is 1660. The van der Waals surface area contributed by atoms with Crippen molar-refractivity contribution in [2.75, 3.05) is 18.1 Å². The van der Waals surface area contributed by atoms with Crippen molar-refractivity contribution in [1.29, 1.82) is 0 Å². The van der Waals surface area contributed by atoms with Gasteiger partial charge in [0.15, 0.2) is 0 Å². The third-order valence-corrected chi connectivity index (χ3v) is 7.97. The number of amides is 2. The molecule has 0 saturated carbocycles. The molecule has 0 radical (unpaired) electrons. The number of aryl methyl sites for hydroxylation is 1. The minimum Gasteiger partial charge on any atom is -0.494 e. The molecule has 6 bridgehead atoms. The molecule has 196 valence electrons. The third-order valence-electron chi connectivity index (χ3n) is 7.97. The maximum atomic E-state index is 14.6. The Balaban J connectivity index is 1.43. The molecule has 7 rings (SSSR count). The van der Waals surface area contributed by atoms with Crippen molar-refractivity contribution in [3.8, 4) is 5.75 Å². The zero-order valence-corrected chi connectivity index (χ0v) is 21.1. The Labute approximate surface area is 223 Å². The molecule has 2 aromatic heterocycles. The van der Waals surface area contributed by atoms with Crippen LogP contribution in [-0.2, 0) is 23.3 Å². The number of carbonyl (C=O) groups excluding carboxylic acids is 2. The number of benzene rings is 2. The second kappa shape index (κ2) is 8.93. The van der Waals surface area contributed by atoms with Gasteiger partial charge in [0.25, 0.3) is 5.91 Å². The van der Waals surface area contributed by atoms with E-state index in [9.17, 15) is 14.4 Å². The number of nitrogens with one attached hydrogen (secondary N) is 1. The van der Waals surface area contributed by atoms with Gasteiger partial charge in [-0.05, 0) is 41.8 Å². The molecular formula is C29H26N6O4. The van der Waals surface area contributed by atoms with Gasteiger partial charge in [0, 0.05) is 31.3 Å². The van der Waals surface area contributed by atoms with Crippen LogP contribution in [-0.4, -0.2) is 49.8 Å². The summed E-state index contributed by atoms with van der Waals surface area (Å²) in [6.45, 7) is 1.74. The van der Waals surface area contributed by atoms with Gasteiger partial charge in [0.1, 0.15) is 22.6 Å². The van der Waals surface area contributed by atoms with E-state index in [1.54, 1.807) is 26.6 Å². The van der Waals surface area contributed by atoms with Crippen LogP contribution in [0.4, 0.5) is 5.69 Å². The number of H-pyrrole nitrogens is 1. The largest absolute Gasteiger partial charge is 0.494 e. The molecule has 5 heterocycles. The summed E-state index contributed by atoms with van der Waals surface area (Å²) < 4.78 is 7.86. The second-order valence-corrected chi connectivity index (χ2v) is 10.2. The summed E-state index contributed by atoms with van der Waals surface area (Å²) in [5, 5.41) is 8.58. The van der Waals surface area contributed by atoms with Gasteiger partial charge in [0.2, 0.25) is 11.5 Å². The van der Waals surface area contributed by atoms with E-state index in [0.29, 0.717) is 37.6 Å². The molecule has 10 nitrogen and oxygen atoms in total. The first-order valence-electron chi connectivity index (χ1n) is 13.1. The van der Waals surface area contributed by atoms with Crippen molar-refractivity contribution < 1.29 is 14.3 Å². The molecule has 2 amide bonds. The Morgan fingerprint density at radius 1 is 1.03 bits per heavy atom. The summed E-state index contributed by atoms with van der Waals surface area (Å²) >= 11 is 0. The van der Waals surface area contributed by atoms with Gasteiger partial charge in [-0.15, -0.1) is 5.10 Å². The SMILES string of the molecule is O=C(c1cccc(=O)[nH]1)N1CC[C@]23C(=O)N(Cc4cn(nn4)CCCOc4cccc(c4)[C@H]12)c1ccccc13. The minimum absolute atomic E-state index is 0.0821. The van der Waals surface area contributed by atoms with E-state index in [1.807, 2.05) is 54.7 Å². The number of anilines is 1. The van der Waals surface area contributed by atoms with Crippen LogP contribution < -0.4 is 15.2 Å². The third kappa shape index (κ3) is 3.66. The number of aromatic nitrogens is 4. The molecule has 1 saturated heterocycles. The fourth-order valence-corrected chi connectivity index (χ4v) is 6.33. The number of hydrogen-bond donors (Lipinski definition) is 1. The van der Waals surface area contributed by atoms with E-state index in [4.69, 9.17) is 4.74 Å². The van der Waals surface area contributed by atoms with Crippen LogP contribution in [0, 0.1) is 0 Å². The fraction of sp³-hybridized carbons (Fsp3) is 0.276. The van der Waals surface area contributed by atoms with Crippen molar-refractivity contribution in [3.63, 3.8) is 0 Å². The normalized spacial score (nSPS) is 21.9. The van der Waals surface area contributed by atoms with Gasteiger partial charge in [-0.3, -0.25) is 19.1 Å². The number of fused-ring (bicyclic) bond motifs is 8. The van der Waals surface area contributed by atoms with Crippen molar-refractivity contribution in [2.24, 2.45) is 0 Å². The highest BCUT2D eigenvalue weighted by molar-refractivity contribution is 6.09. The Kier molecular flexibility index (Phi) is 5.36. The van der Waals surface area contributed by atoms with Crippen molar-refractivity contribution in [1.82, 2.24) is 24.9 Å². The second-order valence-electron chi connectivity index (χ2n) is 10.2. The van der Waals surface area contributed by atoms with E-state index >= 15 is 0 Å². The molecule has 2 aromatic carbocycles. The smallest absolute Gasteiger partial charge is 0.270 e. The predicted octanol–water partition coefficient (Wildman–Crippen LogP) is 2.82. The first-order chi connectivity index (χ1) is 19.0. The van der Waals surface area contributed by atoms with Gasteiger partial charge in [-0.2, -0.15) is 0 Å². The lowest BCUT2D eigenvalue weighted by Gasteiger charge is -2.35. The summed E-state index contributed by atoms with van der Waals surface area (Å²) in [4.78, 5) is 46.8. The average molecular weight is 523 g/mol. The number of hydrogen-bond acceptors (Lipinski definition) is 6. The number of para-hydroxylation sites is 1. The topological polar surface area (TPSA) is 113 Å². The zero-order valence-electron chi connectivity index (χ0n) is 21.1. The molecule has 1 spiro atoms. The molecule has 10 heteroatoms. The maximum absolute atomic E-state index is 14.6. The molecule has 39 heavy (non-hydrogen) atoms. The summed E-state index contributed by atoms with van der Waals surface area (Å²) in [5.74, 6) is 0.256. The van der Waals surface area contributed by atoms with Crippen molar-refractivity contribution >= 4 is 17.5 Å². The molecule has 3 aliphatic rings. The predicted molar refractivity (Wildman–Crippen MR) is 141 cm³/mol. The van der Waals surface area contributed by atoms with E-state index in [2.05, 4.69) is 15.3 Å². The Morgan fingerprint density at radius 3 is 2.79 bits per heavy atom. The lowest BCUT2D eigenvalue weighted by Crippen LogP contribution is -2.45. The van der Waals surface area contributed by atoms with E-state index in [1.165, 1.54) is 6.07 Å². The summed E-state index contributed by atoms with van der Waals surface area (Å²) in [6, 6.07) is 19.4. The van der Waals surface area contributed by atoms with Crippen LogP contribution in [0.3, 0.4) is 0 Å². The minimum atomic E-state index is -1.02. The van der Waals surface area contributed by atoms with Crippen LogP contribution >= 0.6 is 0 Å². The number of carbonyl (C=O) groups is 2. The Morgan fingerprint density at radius 2 is 1.90 bits per heavy atom. The molecule has 4 aromatic rings. The van der Waals surface area contributed by atoms with Crippen LogP contribution in [0.2, 0.25) is 0 Å². The quantitative estimate of drug-likeness (QED) is 0.411. The number of nitrogens with zero attached hydrogens (tertiary/aromatic N) is 5. The maximum Gasteiger partial charge on any atom is 0.270 e. The molecule has 1 fully saturated rings. The van der Waals surface area contributed by atoms with Gasteiger partial charge >= 0.3 is 0 Å². The number of pyridine rings is 1. The van der Waals surface area contributed by atoms with Gasteiger partial charge in [0.05, 0.1) is 25.4 Å². The monoisotopic (exact) mass is 522 g/mol. The highest BCUT2D eigenvalue weighted by atomic mass is 16.5. The van der Waals surface area contributed by atoms with Crippen molar-refractivity contribution in [2.45, 2.75) is 37.4 Å². The van der Waals surface area contributed by atoms with Gasteiger partial charge < -0.3 is 19.5 Å². The number of rotatable bonds is 1. The van der Waals surface area contributed by atoms with E-state index in [0.717, 1.165) is 23.2 Å². The molecule has 1 N–H and O–H groups in total. The highest BCUT2D eigenvalue weighted by Crippen LogP contribution is 2.57. The van der Waals surface area contributed by atoms with Gasteiger partial charge in [-0.25, -0.2) is 0 Å². The highest BCUT2D eigenvalue weighted by Gasteiger charge is 2.61. The van der Waals surface area contributed by atoms with Gasteiger partial charge in [-0.1, -0.05) is 41.6 Å². The van der Waals surface area contributed by atoms with Crippen LogP contribution in [0.15, 0.2) is 77.7 Å². The average Bonchev–Trinajstić information content (AvgIpc) is 3.63. The molecular weight excluding hydrogens is 496 g/mol. The van der Waals surface area contributed by atoms with Crippen LogP contribution in [0.25, 0.3) is 0 Å². The molecule has 3 aliphatic heterocycles. The fourth-order valence-electron chi connectivity index (χ4n) is 6.33. The summed E-state index contributed by atoms with van der Waals surface area (Å²) in [7, 11) is 0. The molecule has 2 atom stereocenters. The van der Waals surface area contributed by atoms with Crippen LogP contribution in [0.5, 0.6) is 5.75 Å². The molecule has 0 aliphatic carbocycles. The lowest BCUT2D eigenvalue weighted by molar-refractivity contribution is -0.124. The number of likely N-dealkylation sites (tertiary alicyclic amines) is 1.